The van der Waals surface area contributed by atoms with E-state index >= 15 is 0 Å². The molecule has 0 aliphatic carbocycles. The molecule has 1 heterocycles. The monoisotopic (exact) mass is 275 g/mol. The van der Waals surface area contributed by atoms with E-state index in [1.165, 1.54) is 7.11 Å². The lowest BCUT2D eigenvalue weighted by atomic mass is 10.2. The van der Waals surface area contributed by atoms with Gasteiger partial charge >= 0.3 is 0 Å². The van der Waals surface area contributed by atoms with Crippen molar-refractivity contribution < 1.29 is 14.3 Å². The van der Waals surface area contributed by atoms with Crippen molar-refractivity contribution in [1.29, 1.82) is 0 Å². The number of para-hydroxylation sites is 1. The summed E-state index contributed by atoms with van der Waals surface area (Å²) in [5.74, 6) is -0.437. The number of methoxy groups -OCH3 is 1. The molecule has 20 heavy (non-hydrogen) atoms. The zero-order valence-electron chi connectivity index (χ0n) is 11.0. The number of guanidine groups is 1. The first-order valence-corrected chi connectivity index (χ1v) is 5.84. The fourth-order valence-electron chi connectivity index (χ4n) is 1.48. The third-order valence-corrected chi connectivity index (χ3v) is 2.56. The molecule has 0 fully saturated rings. The van der Waals surface area contributed by atoms with Crippen LogP contribution in [0, 0.1) is 0 Å². The molecule has 8 nitrogen and oxygen atoms in total. The third kappa shape index (κ3) is 2.97. The summed E-state index contributed by atoms with van der Waals surface area (Å²) >= 11 is 0. The number of hydrazone groups is 1. The molecule has 0 aromatic heterocycles. The molecule has 1 aliphatic rings. The molecular weight excluding hydrogens is 262 g/mol. The number of amides is 2. The molecular formula is C12H13N5O3. The molecule has 0 spiro atoms. The van der Waals surface area contributed by atoms with Crippen molar-refractivity contribution in [1.82, 2.24) is 10.7 Å². The minimum Gasteiger partial charge on any atom is -0.496 e. The highest BCUT2D eigenvalue weighted by atomic mass is 16.5. The number of nitrogens with one attached hydrogen (secondary N) is 2. The van der Waals surface area contributed by atoms with Gasteiger partial charge in [0.15, 0.2) is 0 Å². The highest BCUT2D eigenvalue weighted by Gasteiger charge is 2.19. The molecule has 2 rings (SSSR count). The third-order valence-electron chi connectivity index (χ3n) is 2.56. The molecule has 1 aromatic rings. The van der Waals surface area contributed by atoms with E-state index in [0.717, 1.165) is 0 Å². The topological polar surface area (TPSA) is 105 Å². The van der Waals surface area contributed by atoms with E-state index in [4.69, 9.17) is 4.74 Å². The Kier molecular flexibility index (Phi) is 4.04. The molecule has 1 aliphatic heterocycles. The highest BCUT2D eigenvalue weighted by Crippen LogP contribution is 2.16. The molecule has 1 aromatic carbocycles. The van der Waals surface area contributed by atoms with Crippen molar-refractivity contribution in [3.8, 4) is 5.75 Å². The van der Waals surface area contributed by atoms with E-state index in [1.54, 1.807) is 31.2 Å². The first-order valence-electron chi connectivity index (χ1n) is 5.84. The zero-order chi connectivity index (χ0) is 14.5. The van der Waals surface area contributed by atoms with Gasteiger partial charge in [0.2, 0.25) is 0 Å². The van der Waals surface area contributed by atoms with Crippen LogP contribution in [0.15, 0.2) is 39.6 Å². The highest BCUT2D eigenvalue weighted by molar-refractivity contribution is 6.02. The van der Waals surface area contributed by atoms with Crippen LogP contribution < -0.4 is 15.5 Å². The second kappa shape index (κ2) is 5.91. The number of rotatable bonds is 3. The molecule has 0 radical (unpaired) electrons. The second-order valence-electron chi connectivity index (χ2n) is 3.96. The number of carbonyl (C=O) groups excluding carboxylic acids is 2. The Morgan fingerprint density at radius 3 is 2.90 bits per heavy atom. The second-order valence-corrected chi connectivity index (χ2v) is 3.96. The first kappa shape index (κ1) is 13.7. The Morgan fingerprint density at radius 1 is 1.45 bits per heavy atom. The zero-order valence-corrected chi connectivity index (χ0v) is 11.0. The molecule has 0 bridgehead atoms. The van der Waals surface area contributed by atoms with Gasteiger partial charge < -0.3 is 4.74 Å². The van der Waals surface area contributed by atoms with E-state index in [2.05, 4.69) is 26.1 Å². The fraction of sp³-hybridized carbons (Fsp3) is 0.250. The van der Waals surface area contributed by atoms with Crippen LogP contribution in [-0.2, 0) is 4.79 Å². The fourth-order valence-corrected chi connectivity index (χ4v) is 1.48. The quantitative estimate of drug-likeness (QED) is 0.792. The number of hydrogen-bond acceptors (Lipinski definition) is 5. The van der Waals surface area contributed by atoms with Crippen LogP contribution in [0.4, 0.5) is 0 Å². The van der Waals surface area contributed by atoms with E-state index in [9.17, 15) is 9.59 Å². The van der Waals surface area contributed by atoms with Crippen LogP contribution in [0.5, 0.6) is 5.75 Å². The summed E-state index contributed by atoms with van der Waals surface area (Å²) in [6, 6.07) is 6.15. The van der Waals surface area contributed by atoms with Gasteiger partial charge in [-0.1, -0.05) is 12.1 Å². The SMILES string of the molecule is COc1ccccc1C(=O)NN=C1N=NC(C)C(=O)N1. The molecule has 8 heteroatoms. The van der Waals surface area contributed by atoms with E-state index in [0.29, 0.717) is 11.3 Å². The molecule has 0 saturated carbocycles. The molecule has 104 valence electrons. The van der Waals surface area contributed by atoms with Gasteiger partial charge in [-0.3, -0.25) is 14.9 Å². The first-order chi connectivity index (χ1) is 9.61. The minimum atomic E-state index is -0.557. The van der Waals surface area contributed by atoms with Crippen molar-refractivity contribution >= 4 is 17.8 Å². The lowest BCUT2D eigenvalue weighted by molar-refractivity contribution is -0.120. The smallest absolute Gasteiger partial charge is 0.275 e. The van der Waals surface area contributed by atoms with Crippen LogP contribution in [0.1, 0.15) is 17.3 Å². The van der Waals surface area contributed by atoms with Crippen LogP contribution in [0.3, 0.4) is 0 Å². The number of nitrogens with zero attached hydrogens (tertiary/aromatic N) is 3. The summed E-state index contributed by atoms with van der Waals surface area (Å²) in [6.07, 6.45) is 0. The number of hydrogen-bond donors (Lipinski definition) is 2. The Labute approximate surface area is 114 Å². The van der Waals surface area contributed by atoms with Crippen LogP contribution in [0.2, 0.25) is 0 Å². The lowest BCUT2D eigenvalue weighted by Gasteiger charge is -2.11. The maximum absolute atomic E-state index is 11.9. The maximum atomic E-state index is 11.9. The minimum absolute atomic E-state index is 0.0589. The van der Waals surface area contributed by atoms with E-state index in [-0.39, 0.29) is 11.9 Å². The molecule has 2 amide bonds. The molecule has 1 atom stereocenters. The average Bonchev–Trinajstić information content (AvgIpc) is 2.48. The Morgan fingerprint density at radius 2 is 2.20 bits per heavy atom. The van der Waals surface area contributed by atoms with Crippen molar-refractivity contribution in [2.24, 2.45) is 15.3 Å². The number of carbonyl (C=O) groups is 2. The van der Waals surface area contributed by atoms with Crippen LogP contribution in [-0.4, -0.2) is 30.9 Å². The average molecular weight is 275 g/mol. The van der Waals surface area contributed by atoms with Gasteiger partial charge in [-0.2, -0.15) is 5.11 Å². The van der Waals surface area contributed by atoms with Crippen molar-refractivity contribution in [3.05, 3.63) is 29.8 Å². The maximum Gasteiger partial charge on any atom is 0.275 e. The van der Waals surface area contributed by atoms with Gasteiger partial charge in [-0.25, -0.2) is 5.43 Å². The van der Waals surface area contributed by atoms with Gasteiger partial charge in [0.1, 0.15) is 11.8 Å². The van der Waals surface area contributed by atoms with E-state index < -0.39 is 11.9 Å². The summed E-state index contributed by atoms with van der Waals surface area (Å²) in [6.45, 7) is 1.60. The van der Waals surface area contributed by atoms with Crippen LogP contribution >= 0.6 is 0 Å². The summed E-state index contributed by atoms with van der Waals surface area (Å²) < 4.78 is 5.07. The molecule has 1 unspecified atom stereocenters. The summed E-state index contributed by atoms with van der Waals surface area (Å²) in [5, 5.41) is 13.4. The van der Waals surface area contributed by atoms with Crippen molar-refractivity contribution in [2.45, 2.75) is 13.0 Å². The van der Waals surface area contributed by atoms with Crippen molar-refractivity contribution in [3.63, 3.8) is 0 Å². The summed E-state index contributed by atoms with van der Waals surface area (Å²) in [5.41, 5.74) is 2.61. The Hall–Kier alpha value is -2.77. The molecule has 0 saturated heterocycles. The van der Waals surface area contributed by atoms with Gasteiger partial charge in [0, 0.05) is 0 Å². The van der Waals surface area contributed by atoms with E-state index in [1.807, 2.05) is 0 Å². The van der Waals surface area contributed by atoms with Gasteiger partial charge in [-0.15, -0.1) is 10.2 Å². The van der Waals surface area contributed by atoms with Crippen LogP contribution in [0.25, 0.3) is 0 Å². The van der Waals surface area contributed by atoms with Gasteiger partial charge in [0.25, 0.3) is 17.8 Å². The summed E-state index contributed by atoms with van der Waals surface area (Å²) in [7, 11) is 1.47. The van der Waals surface area contributed by atoms with Gasteiger partial charge in [-0.05, 0) is 19.1 Å². The normalized spacial score (nSPS) is 19.6. The predicted octanol–water partition coefficient (Wildman–Crippen LogP) is 0.666. The standard InChI is InChI=1S/C12H13N5O3/c1-7-10(18)13-12(16-14-7)17-15-11(19)8-5-3-4-6-9(8)20-2/h3-7H,1-2H3,(H,15,19)(H,13,17,18). The van der Waals surface area contributed by atoms with Crippen molar-refractivity contribution in [2.75, 3.05) is 7.11 Å². The number of azo groups is 1. The Bertz CT molecular complexity index is 597. The molecule has 2 N–H and O–H groups in total. The van der Waals surface area contributed by atoms with Gasteiger partial charge in [0.05, 0.1) is 12.7 Å². The Balaban J connectivity index is 2.09. The predicted molar refractivity (Wildman–Crippen MR) is 70.4 cm³/mol. The largest absolute Gasteiger partial charge is 0.496 e. The number of ether oxygens (including phenoxy) is 1. The lowest BCUT2D eigenvalue weighted by Crippen LogP contribution is -2.40. The summed E-state index contributed by atoms with van der Waals surface area (Å²) in [4.78, 5) is 23.3. The number of benzene rings is 1.